The molecule has 7 nitrogen and oxygen atoms in total. The van der Waals surface area contributed by atoms with Gasteiger partial charge in [0.15, 0.2) is 5.13 Å². The van der Waals surface area contributed by atoms with Crippen LogP contribution in [0.5, 0.6) is 0 Å². The summed E-state index contributed by atoms with van der Waals surface area (Å²) in [5.74, 6) is -1.98. The molecule has 1 atom stereocenters. The number of carbonyl (C=O) groups excluding carboxylic acids is 2. The summed E-state index contributed by atoms with van der Waals surface area (Å²) < 4.78 is 0. The average Bonchev–Trinajstić information content (AvgIpc) is 2.76. The Balaban J connectivity index is 2.81. The maximum Gasteiger partial charge on any atom is 0.329 e. The summed E-state index contributed by atoms with van der Waals surface area (Å²) in [6, 6.07) is 0. The molecule has 0 saturated carbocycles. The number of aromatic nitrogens is 1. The lowest BCUT2D eigenvalue weighted by atomic mass is 9.99. The van der Waals surface area contributed by atoms with Crippen LogP contribution in [0, 0.1) is 0 Å². The van der Waals surface area contributed by atoms with Crippen molar-refractivity contribution in [3.63, 3.8) is 0 Å². The van der Waals surface area contributed by atoms with E-state index in [4.69, 9.17) is 5.11 Å². The summed E-state index contributed by atoms with van der Waals surface area (Å²) in [5.41, 5.74) is -1.26. The molecule has 0 spiro atoms. The molecule has 1 heterocycles. The summed E-state index contributed by atoms with van der Waals surface area (Å²) in [4.78, 5) is 37.7. The number of nitrogens with zero attached hydrogens (tertiary/aromatic N) is 1. The highest BCUT2D eigenvalue weighted by atomic mass is 32.1. The monoisotopic (exact) mass is 285 g/mol. The van der Waals surface area contributed by atoms with E-state index in [9.17, 15) is 14.4 Å². The third kappa shape index (κ3) is 3.75. The molecule has 1 unspecified atom stereocenters. The Bertz CT molecular complexity index is 514. The predicted octanol–water partition coefficient (Wildman–Crippen LogP) is 1.08. The fourth-order valence-electron chi connectivity index (χ4n) is 1.19. The summed E-state index contributed by atoms with van der Waals surface area (Å²) in [6.45, 7) is 4.42. The highest BCUT2D eigenvalue weighted by Gasteiger charge is 2.33. The third-order valence-corrected chi connectivity index (χ3v) is 3.35. The van der Waals surface area contributed by atoms with E-state index in [0.717, 1.165) is 11.3 Å². The fourth-order valence-corrected chi connectivity index (χ4v) is 1.93. The number of carbonyl (C=O) groups is 3. The number of hydrogen-bond donors (Lipinski definition) is 3. The predicted molar refractivity (Wildman–Crippen MR) is 70.2 cm³/mol. The van der Waals surface area contributed by atoms with E-state index in [2.05, 4.69) is 15.6 Å². The van der Waals surface area contributed by atoms with Gasteiger partial charge in [0, 0.05) is 12.3 Å². The minimum Gasteiger partial charge on any atom is -0.480 e. The number of amides is 2. The van der Waals surface area contributed by atoms with Crippen LogP contribution in [0.1, 0.15) is 37.7 Å². The number of hydrogen-bond acceptors (Lipinski definition) is 5. The molecule has 1 rings (SSSR count). The second-order valence-corrected chi connectivity index (χ2v) is 5.02. The minimum atomic E-state index is -1.34. The van der Waals surface area contributed by atoms with Crippen LogP contribution in [0.3, 0.4) is 0 Å². The van der Waals surface area contributed by atoms with Gasteiger partial charge in [-0.3, -0.25) is 9.59 Å². The standard InChI is InChI=1S/C11H15N3O4S/c1-4-11(3,9(17)18)14-8(16)7-5-19-10(13-7)12-6(2)15/h5H,4H2,1-3H3,(H,14,16)(H,17,18)(H,12,13,15). The molecular formula is C11H15N3O4S. The molecule has 1 aromatic heterocycles. The number of rotatable bonds is 5. The van der Waals surface area contributed by atoms with Crippen molar-refractivity contribution in [3.8, 4) is 0 Å². The molecule has 19 heavy (non-hydrogen) atoms. The number of thiazole rings is 1. The molecule has 1 aromatic rings. The van der Waals surface area contributed by atoms with Gasteiger partial charge in [-0.1, -0.05) is 6.92 Å². The Labute approximate surface area is 114 Å². The molecular weight excluding hydrogens is 270 g/mol. The Morgan fingerprint density at radius 3 is 2.58 bits per heavy atom. The van der Waals surface area contributed by atoms with Crippen molar-refractivity contribution in [2.45, 2.75) is 32.7 Å². The Hall–Kier alpha value is -1.96. The Morgan fingerprint density at radius 1 is 1.47 bits per heavy atom. The first-order chi connectivity index (χ1) is 8.78. The van der Waals surface area contributed by atoms with E-state index in [1.165, 1.54) is 19.2 Å². The van der Waals surface area contributed by atoms with Gasteiger partial charge >= 0.3 is 5.97 Å². The van der Waals surface area contributed by atoms with Gasteiger partial charge in [0.25, 0.3) is 5.91 Å². The molecule has 0 aliphatic carbocycles. The van der Waals surface area contributed by atoms with E-state index in [0.29, 0.717) is 5.13 Å². The van der Waals surface area contributed by atoms with Crippen LogP contribution in [0.2, 0.25) is 0 Å². The smallest absolute Gasteiger partial charge is 0.329 e. The van der Waals surface area contributed by atoms with Crippen molar-refractivity contribution in [1.29, 1.82) is 0 Å². The van der Waals surface area contributed by atoms with Gasteiger partial charge in [-0.05, 0) is 13.3 Å². The SMILES string of the molecule is CCC(C)(NC(=O)c1csc(NC(C)=O)n1)C(=O)O. The molecule has 8 heteroatoms. The van der Waals surface area contributed by atoms with Crippen LogP contribution in [0.4, 0.5) is 5.13 Å². The second-order valence-electron chi connectivity index (χ2n) is 4.16. The Morgan fingerprint density at radius 2 is 2.11 bits per heavy atom. The van der Waals surface area contributed by atoms with Crippen LogP contribution in [-0.2, 0) is 9.59 Å². The van der Waals surface area contributed by atoms with Crippen molar-refractivity contribution < 1.29 is 19.5 Å². The molecule has 104 valence electrons. The van der Waals surface area contributed by atoms with Gasteiger partial charge in [0.2, 0.25) is 5.91 Å². The first kappa shape index (κ1) is 15.1. The number of carboxylic acid groups (broad SMARTS) is 1. The van der Waals surface area contributed by atoms with E-state index >= 15 is 0 Å². The van der Waals surface area contributed by atoms with Gasteiger partial charge in [-0.25, -0.2) is 9.78 Å². The first-order valence-corrected chi connectivity index (χ1v) is 6.45. The van der Waals surface area contributed by atoms with Crippen LogP contribution in [-0.4, -0.2) is 33.4 Å². The number of aliphatic carboxylic acids is 1. The lowest BCUT2D eigenvalue weighted by Crippen LogP contribution is -2.51. The second kappa shape index (κ2) is 5.79. The normalized spacial score (nSPS) is 13.4. The van der Waals surface area contributed by atoms with Crippen molar-refractivity contribution >= 4 is 34.3 Å². The summed E-state index contributed by atoms with van der Waals surface area (Å²) in [5, 5.41) is 15.7. The van der Waals surface area contributed by atoms with Crippen molar-refractivity contribution in [3.05, 3.63) is 11.1 Å². The summed E-state index contributed by atoms with van der Waals surface area (Å²) in [7, 11) is 0. The van der Waals surface area contributed by atoms with Crippen LogP contribution in [0.25, 0.3) is 0 Å². The summed E-state index contributed by atoms with van der Waals surface area (Å²) >= 11 is 1.10. The van der Waals surface area contributed by atoms with Gasteiger partial charge in [0.05, 0.1) is 0 Å². The van der Waals surface area contributed by atoms with Crippen molar-refractivity contribution in [1.82, 2.24) is 10.3 Å². The number of carboxylic acids is 1. The maximum absolute atomic E-state index is 11.9. The zero-order chi connectivity index (χ0) is 14.6. The lowest BCUT2D eigenvalue weighted by Gasteiger charge is -2.23. The molecule has 0 aromatic carbocycles. The zero-order valence-electron chi connectivity index (χ0n) is 10.8. The molecule has 3 N–H and O–H groups in total. The number of nitrogens with one attached hydrogen (secondary N) is 2. The van der Waals surface area contributed by atoms with Crippen molar-refractivity contribution in [2.75, 3.05) is 5.32 Å². The van der Waals surface area contributed by atoms with Crippen molar-refractivity contribution in [2.24, 2.45) is 0 Å². The maximum atomic E-state index is 11.9. The van der Waals surface area contributed by atoms with E-state index < -0.39 is 17.4 Å². The summed E-state index contributed by atoms with van der Waals surface area (Å²) in [6.07, 6.45) is 0.247. The minimum absolute atomic E-state index is 0.0784. The largest absolute Gasteiger partial charge is 0.480 e. The van der Waals surface area contributed by atoms with Crippen LogP contribution >= 0.6 is 11.3 Å². The van der Waals surface area contributed by atoms with E-state index in [1.54, 1.807) is 6.92 Å². The molecule has 0 saturated heterocycles. The van der Waals surface area contributed by atoms with E-state index in [1.807, 2.05) is 0 Å². The molecule has 0 aliphatic rings. The lowest BCUT2D eigenvalue weighted by molar-refractivity contribution is -0.143. The van der Waals surface area contributed by atoms with Gasteiger partial charge in [-0.2, -0.15) is 0 Å². The average molecular weight is 285 g/mol. The third-order valence-electron chi connectivity index (χ3n) is 2.59. The van der Waals surface area contributed by atoms with E-state index in [-0.39, 0.29) is 18.0 Å². The van der Waals surface area contributed by atoms with Crippen LogP contribution in [0.15, 0.2) is 5.38 Å². The molecule has 0 bridgehead atoms. The first-order valence-electron chi connectivity index (χ1n) is 5.57. The number of anilines is 1. The molecule has 0 radical (unpaired) electrons. The van der Waals surface area contributed by atoms with Gasteiger partial charge in [-0.15, -0.1) is 11.3 Å². The molecule has 2 amide bonds. The van der Waals surface area contributed by atoms with Gasteiger partial charge in [0.1, 0.15) is 11.2 Å². The topological polar surface area (TPSA) is 108 Å². The Kier molecular flexibility index (Phi) is 4.60. The molecule has 0 aliphatic heterocycles. The fraction of sp³-hybridized carbons (Fsp3) is 0.455. The quantitative estimate of drug-likeness (QED) is 0.750. The molecule has 0 fully saturated rings. The zero-order valence-corrected chi connectivity index (χ0v) is 11.6. The van der Waals surface area contributed by atoms with Gasteiger partial charge < -0.3 is 15.7 Å². The highest BCUT2D eigenvalue weighted by Crippen LogP contribution is 2.17. The highest BCUT2D eigenvalue weighted by molar-refractivity contribution is 7.14. The van der Waals surface area contributed by atoms with Crippen LogP contribution < -0.4 is 10.6 Å².